The third-order valence-corrected chi connectivity index (χ3v) is 5.91. The van der Waals surface area contributed by atoms with Crippen molar-refractivity contribution in [1.29, 1.82) is 0 Å². The van der Waals surface area contributed by atoms with Gasteiger partial charge in [-0.15, -0.1) is 35.3 Å². The molecule has 1 saturated carbocycles. The largest absolute Gasteiger partial charge is 0.474 e. The zero-order valence-corrected chi connectivity index (χ0v) is 20.0. The fraction of sp³-hybridized carbons (Fsp3) is 0.550. The minimum absolute atomic E-state index is 0. The van der Waals surface area contributed by atoms with Crippen molar-refractivity contribution < 1.29 is 4.74 Å². The van der Waals surface area contributed by atoms with Crippen LogP contribution in [0.5, 0.6) is 5.88 Å². The summed E-state index contributed by atoms with van der Waals surface area (Å²) in [6.07, 6.45) is 7.83. The molecule has 1 fully saturated rings. The number of nitrogens with one attached hydrogen (secondary N) is 2. The monoisotopic (exact) mass is 515 g/mol. The van der Waals surface area contributed by atoms with E-state index in [1.165, 1.54) is 17.7 Å². The van der Waals surface area contributed by atoms with Crippen LogP contribution in [0.3, 0.4) is 0 Å². The van der Waals surface area contributed by atoms with Crippen LogP contribution in [-0.4, -0.2) is 35.6 Å². The van der Waals surface area contributed by atoms with Crippen LogP contribution in [0.2, 0.25) is 0 Å². The first kappa shape index (κ1) is 22.9. The predicted octanol–water partition coefficient (Wildman–Crippen LogP) is 4.00. The molecule has 1 aliphatic carbocycles. The van der Waals surface area contributed by atoms with E-state index in [-0.39, 0.29) is 24.0 Å². The van der Waals surface area contributed by atoms with E-state index in [4.69, 9.17) is 4.74 Å². The zero-order valence-electron chi connectivity index (χ0n) is 16.8. The van der Waals surface area contributed by atoms with Crippen LogP contribution < -0.4 is 15.4 Å². The first-order chi connectivity index (χ1) is 13.1. The quantitative estimate of drug-likeness (QED) is 0.332. The summed E-state index contributed by atoms with van der Waals surface area (Å²) in [7, 11) is 1.79. The van der Waals surface area contributed by atoms with Gasteiger partial charge in [-0.3, -0.25) is 4.99 Å². The molecule has 0 spiro atoms. The van der Waals surface area contributed by atoms with Crippen LogP contribution in [0.15, 0.2) is 23.3 Å². The Morgan fingerprint density at radius 1 is 1.29 bits per heavy atom. The minimum atomic E-state index is 0. The van der Waals surface area contributed by atoms with Gasteiger partial charge in [0, 0.05) is 43.7 Å². The summed E-state index contributed by atoms with van der Waals surface area (Å²) in [5.74, 6) is 1.51. The first-order valence-corrected chi connectivity index (χ1v) is 10.4. The van der Waals surface area contributed by atoms with E-state index in [1.54, 1.807) is 18.4 Å². The summed E-state index contributed by atoms with van der Waals surface area (Å²) in [5, 5.41) is 7.86. The molecule has 0 amide bonds. The molecule has 1 aliphatic rings. The van der Waals surface area contributed by atoms with Crippen molar-refractivity contribution in [3.8, 4) is 5.88 Å². The normalized spacial score (nSPS) is 14.6. The Hall–Kier alpha value is -1.42. The number of ether oxygens (including phenoxy) is 1. The lowest BCUT2D eigenvalue weighted by Gasteiger charge is -2.14. The van der Waals surface area contributed by atoms with Gasteiger partial charge in [0.2, 0.25) is 5.88 Å². The van der Waals surface area contributed by atoms with E-state index in [0.717, 1.165) is 53.9 Å². The molecule has 0 bridgehead atoms. The number of hydrogen-bond donors (Lipinski definition) is 2. The highest BCUT2D eigenvalue weighted by Gasteiger charge is 2.17. The molecule has 6 nitrogen and oxygen atoms in total. The highest BCUT2D eigenvalue weighted by Crippen LogP contribution is 2.23. The lowest BCUT2D eigenvalue weighted by molar-refractivity contribution is 0.201. The van der Waals surface area contributed by atoms with Crippen molar-refractivity contribution in [2.75, 3.05) is 13.6 Å². The Morgan fingerprint density at radius 2 is 2.07 bits per heavy atom. The molecule has 0 saturated heterocycles. The van der Waals surface area contributed by atoms with E-state index in [1.807, 2.05) is 18.3 Å². The predicted molar refractivity (Wildman–Crippen MR) is 126 cm³/mol. The zero-order chi connectivity index (χ0) is 19.1. The number of thiazole rings is 1. The fourth-order valence-electron chi connectivity index (χ4n) is 3.14. The molecular formula is C20H30IN5OS. The molecule has 2 aromatic heterocycles. The molecule has 8 heteroatoms. The molecule has 2 heterocycles. The van der Waals surface area contributed by atoms with Crippen molar-refractivity contribution >= 4 is 41.3 Å². The summed E-state index contributed by atoms with van der Waals surface area (Å²) in [5.41, 5.74) is 2.26. The summed E-state index contributed by atoms with van der Waals surface area (Å²) in [6, 6.07) is 4.02. The van der Waals surface area contributed by atoms with Crippen molar-refractivity contribution in [2.24, 2.45) is 4.99 Å². The van der Waals surface area contributed by atoms with Gasteiger partial charge in [-0.1, -0.05) is 0 Å². The number of aryl methyl sites for hydroxylation is 2. The second-order valence-electron chi connectivity index (χ2n) is 6.88. The van der Waals surface area contributed by atoms with Gasteiger partial charge in [0.15, 0.2) is 5.96 Å². The summed E-state index contributed by atoms with van der Waals surface area (Å²) < 4.78 is 5.98. The molecule has 0 unspecified atom stereocenters. The summed E-state index contributed by atoms with van der Waals surface area (Å²) >= 11 is 1.77. The standard InChI is InChI=1S/C20H29N5OS.HI/c1-14-15(2)27-19(25-14)9-11-23-20(21-3)24-13-16-8-10-22-18(12-16)26-17-6-4-5-7-17;/h8,10,12,17H,4-7,9,11,13H2,1-3H3,(H2,21,23,24);1H. The second kappa shape index (κ2) is 11.5. The Bertz CT molecular complexity index is 754. The lowest BCUT2D eigenvalue weighted by atomic mass is 10.2. The van der Waals surface area contributed by atoms with Crippen LogP contribution in [0.25, 0.3) is 0 Å². The maximum absolute atomic E-state index is 5.98. The summed E-state index contributed by atoms with van der Waals surface area (Å²) in [4.78, 5) is 14.5. The maximum atomic E-state index is 5.98. The van der Waals surface area contributed by atoms with Crippen LogP contribution in [-0.2, 0) is 13.0 Å². The van der Waals surface area contributed by atoms with Gasteiger partial charge in [-0.25, -0.2) is 9.97 Å². The lowest BCUT2D eigenvalue weighted by Crippen LogP contribution is -2.37. The minimum Gasteiger partial charge on any atom is -0.474 e. The third kappa shape index (κ3) is 6.88. The van der Waals surface area contributed by atoms with Crippen molar-refractivity contribution in [3.63, 3.8) is 0 Å². The number of aliphatic imine (C=N–C) groups is 1. The molecule has 0 atom stereocenters. The Balaban J connectivity index is 0.00000280. The number of aromatic nitrogens is 2. The van der Waals surface area contributed by atoms with Gasteiger partial charge in [0.25, 0.3) is 0 Å². The molecule has 0 aliphatic heterocycles. The average molecular weight is 515 g/mol. The Labute approximate surface area is 188 Å². The van der Waals surface area contributed by atoms with Crippen molar-refractivity contribution in [1.82, 2.24) is 20.6 Å². The van der Waals surface area contributed by atoms with E-state index in [2.05, 4.69) is 39.4 Å². The maximum Gasteiger partial charge on any atom is 0.213 e. The SMILES string of the molecule is CN=C(NCCc1nc(C)c(C)s1)NCc1ccnc(OC2CCCC2)c1.I. The van der Waals surface area contributed by atoms with Gasteiger partial charge in [0.1, 0.15) is 6.10 Å². The molecule has 0 radical (unpaired) electrons. The number of halogens is 1. The number of nitrogens with zero attached hydrogens (tertiary/aromatic N) is 3. The molecule has 3 rings (SSSR count). The van der Waals surface area contributed by atoms with Gasteiger partial charge >= 0.3 is 0 Å². The van der Waals surface area contributed by atoms with Gasteiger partial charge in [-0.2, -0.15) is 0 Å². The van der Waals surface area contributed by atoms with Crippen LogP contribution in [0, 0.1) is 13.8 Å². The molecule has 154 valence electrons. The Morgan fingerprint density at radius 3 is 2.75 bits per heavy atom. The Kier molecular flexibility index (Phi) is 9.43. The van der Waals surface area contributed by atoms with Crippen LogP contribution >= 0.6 is 35.3 Å². The van der Waals surface area contributed by atoms with E-state index in [0.29, 0.717) is 12.6 Å². The smallest absolute Gasteiger partial charge is 0.213 e. The second-order valence-corrected chi connectivity index (χ2v) is 8.17. The van der Waals surface area contributed by atoms with Gasteiger partial charge in [0.05, 0.1) is 10.7 Å². The summed E-state index contributed by atoms with van der Waals surface area (Å²) in [6.45, 7) is 5.66. The average Bonchev–Trinajstić information content (AvgIpc) is 3.28. The first-order valence-electron chi connectivity index (χ1n) is 9.63. The fourth-order valence-corrected chi connectivity index (χ4v) is 4.08. The molecular weight excluding hydrogens is 485 g/mol. The molecule has 2 aromatic rings. The van der Waals surface area contributed by atoms with Gasteiger partial charge < -0.3 is 15.4 Å². The highest BCUT2D eigenvalue weighted by molar-refractivity contribution is 14.0. The van der Waals surface area contributed by atoms with E-state index < -0.39 is 0 Å². The van der Waals surface area contributed by atoms with Crippen LogP contribution in [0.1, 0.15) is 46.8 Å². The number of pyridine rings is 1. The molecule has 28 heavy (non-hydrogen) atoms. The topological polar surface area (TPSA) is 71.4 Å². The van der Waals surface area contributed by atoms with Gasteiger partial charge in [-0.05, 0) is 51.2 Å². The van der Waals surface area contributed by atoms with Crippen molar-refractivity contribution in [2.45, 2.75) is 58.6 Å². The number of guanidine groups is 1. The molecule has 2 N–H and O–H groups in total. The van der Waals surface area contributed by atoms with Crippen LogP contribution in [0.4, 0.5) is 0 Å². The van der Waals surface area contributed by atoms with E-state index in [9.17, 15) is 0 Å². The number of rotatable bonds is 7. The van der Waals surface area contributed by atoms with Crippen molar-refractivity contribution in [3.05, 3.63) is 39.5 Å². The van der Waals surface area contributed by atoms with E-state index >= 15 is 0 Å². The molecule has 0 aromatic carbocycles. The third-order valence-electron chi connectivity index (χ3n) is 4.78. The highest BCUT2D eigenvalue weighted by atomic mass is 127. The number of hydrogen-bond acceptors (Lipinski definition) is 5.